The first-order valence-corrected chi connectivity index (χ1v) is 13.9. The van der Waals surface area contributed by atoms with Gasteiger partial charge in [-0.25, -0.2) is 0 Å². The van der Waals surface area contributed by atoms with E-state index in [0.717, 1.165) is 5.57 Å². The summed E-state index contributed by atoms with van der Waals surface area (Å²) in [7, 11) is 0. The van der Waals surface area contributed by atoms with E-state index < -0.39 is 21.8 Å². The van der Waals surface area contributed by atoms with E-state index in [2.05, 4.69) is 0 Å². The van der Waals surface area contributed by atoms with E-state index >= 15 is 0 Å². The number of halogens is 4. The van der Waals surface area contributed by atoms with Gasteiger partial charge in [0.15, 0.2) is 5.78 Å². The van der Waals surface area contributed by atoms with Crippen LogP contribution in [0.3, 0.4) is 0 Å². The van der Waals surface area contributed by atoms with E-state index in [-0.39, 0.29) is 44.6 Å². The molecule has 38 heavy (non-hydrogen) atoms. The average Bonchev–Trinajstić information content (AvgIpc) is 3.36. The molecule has 2 aromatic carbocycles. The van der Waals surface area contributed by atoms with Crippen LogP contribution >= 0.6 is 46.4 Å². The lowest BCUT2D eigenvalue weighted by Crippen LogP contribution is -2.56. The zero-order valence-electron chi connectivity index (χ0n) is 21.3. The van der Waals surface area contributed by atoms with Crippen molar-refractivity contribution in [2.75, 3.05) is 13.2 Å². The van der Waals surface area contributed by atoms with E-state index in [1.165, 1.54) is 0 Å². The Hall–Kier alpha value is -1.60. The van der Waals surface area contributed by atoms with Crippen LogP contribution in [0, 0.1) is 16.2 Å². The predicted molar refractivity (Wildman–Crippen MR) is 148 cm³/mol. The molecule has 1 saturated heterocycles. The van der Waals surface area contributed by atoms with Crippen LogP contribution in [0.5, 0.6) is 0 Å². The van der Waals surface area contributed by atoms with Crippen molar-refractivity contribution in [3.05, 3.63) is 79.3 Å². The van der Waals surface area contributed by atoms with Crippen LogP contribution in [0.15, 0.2) is 48.0 Å². The maximum absolute atomic E-state index is 14.5. The Morgan fingerprint density at radius 2 is 1.34 bits per heavy atom. The molecule has 3 aliphatic rings. The Labute approximate surface area is 242 Å². The number of hydrogen-bond acceptors (Lipinski definition) is 5. The standard InChI is InChI=1S/C29H28Cl4O5/c1-17-10-11-29-27(3,16-37-14-19-22(32)8-5-9-23(19)33)26(2,25(35)28(17,29)12-24(34)38-29)15-36-13-18-20(30)6-4-7-21(18)31/h4-10H,11-16H2,1-3H3/t26-,27-,28+,29+/m0/s1. The number of ether oxygens (including phenoxy) is 3. The van der Waals surface area contributed by atoms with Gasteiger partial charge in [0.05, 0.1) is 38.3 Å². The minimum atomic E-state index is -1.08. The molecule has 0 bridgehead atoms. The van der Waals surface area contributed by atoms with Crippen molar-refractivity contribution in [2.24, 2.45) is 16.2 Å². The van der Waals surface area contributed by atoms with Crippen LogP contribution in [0.2, 0.25) is 20.1 Å². The molecule has 1 aliphatic heterocycles. The summed E-state index contributed by atoms with van der Waals surface area (Å²) in [6.07, 6.45) is 2.44. The highest BCUT2D eigenvalue weighted by molar-refractivity contribution is 6.36. The van der Waals surface area contributed by atoms with Crippen LogP contribution in [-0.4, -0.2) is 30.6 Å². The van der Waals surface area contributed by atoms with Crippen LogP contribution < -0.4 is 0 Å². The first kappa shape index (κ1) is 27.9. The van der Waals surface area contributed by atoms with Gasteiger partial charge in [0, 0.05) is 43.1 Å². The topological polar surface area (TPSA) is 61.8 Å². The van der Waals surface area contributed by atoms with Crippen molar-refractivity contribution in [3.63, 3.8) is 0 Å². The quantitative estimate of drug-likeness (QED) is 0.231. The maximum atomic E-state index is 14.5. The molecule has 2 aromatic rings. The molecule has 202 valence electrons. The average molecular weight is 598 g/mol. The molecule has 0 amide bonds. The smallest absolute Gasteiger partial charge is 0.307 e. The van der Waals surface area contributed by atoms with Crippen molar-refractivity contribution in [1.29, 1.82) is 0 Å². The molecule has 2 fully saturated rings. The number of Topliss-reactive ketones (excluding diaryl/α,β-unsaturated/α-hetero) is 1. The molecule has 0 spiro atoms. The molecular formula is C29H28Cl4O5. The fourth-order valence-corrected chi connectivity index (χ4v) is 7.81. The summed E-state index contributed by atoms with van der Waals surface area (Å²) in [5, 5.41) is 1.96. The van der Waals surface area contributed by atoms with Gasteiger partial charge in [-0.1, -0.05) is 77.1 Å². The van der Waals surface area contributed by atoms with E-state index in [4.69, 9.17) is 60.6 Å². The summed E-state index contributed by atoms with van der Waals surface area (Å²) in [5.74, 6) is -0.453. The Bertz CT molecular complexity index is 1320. The zero-order valence-corrected chi connectivity index (χ0v) is 24.4. The van der Waals surface area contributed by atoms with Crippen molar-refractivity contribution in [2.45, 2.75) is 52.4 Å². The van der Waals surface area contributed by atoms with E-state index in [9.17, 15) is 9.59 Å². The summed E-state index contributed by atoms with van der Waals surface area (Å²) in [5.41, 5.74) is -1.98. The van der Waals surface area contributed by atoms with Gasteiger partial charge in [-0.05, 0) is 38.1 Å². The summed E-state index contributed by atoms with van der Waals surface area (Å²) in [6.45, 7) is 6.18. The molecule has 2 aliphatic carbocycles. The fourth-order valence-electron chi connectivity index (χ4n) is 6.80. The molecule has 0 aromatic heterocycles. The molecule has 0 radical (unpaired) electrons. The van der Waals surface area contributed by atoms with E-state index in [1.54, 1.807) is 36.4 Å². The monoisotopic (exact) mass is 596 g/mol. The lowest BCUT2D eigenvalue weighted by atomic mass is 9.61. The second kappa shape index (κ2) is 9.79. The highest BCUT2D eigenvalue weighted by Crippen LogP contribution is 2.74. The second-order valence-corrected chi connectivity index (χ2v) is 12.5. The largest absolute Gasteiger partial charge is 0.457 e. The lowest BCUT2D eigenvalue weighted by Gasteiger charge is -2.48. The van der Waals surface area contributed by atoms with Gasteiger partial charge >= 0.3 is 5.97 Å². The first-order valence-electron chi connectivity index (χ1n) is 12.4. The Kier molecular flexibility index (Phi) is 7.20. The Morgan fingerprint density at radius 1 is 0.842 bits per heavy atom. The van der Waals surface area contributed by atoms with Gasteiger partial charge in [0.25, 0.3) is 0 Å². The van der Waals surface area contributed by atoms with Crippen molar-refractivity contribution in [3.8, 4) is 0 Å². The summed E-state index contributed by atoms with van der Waals surface area (Å²) >= 11 is 25.4. The normalized spacial score (nSPS) is 31.8. The Balaban J connectivity index is 1.49. The molecule has 1 heterocycles. The number of esters is 1. The van der Waals surface area contributed by atoms with Gasteiger partial charge in [-0.3, -0.25) is 9.59 Å². The molecule has 1 saturated carbocycles. The van der Waals surface area contributed by atoms with E-state index in [1.807, 2.05) is 26.8 Å². The first-order chi connectivity index (χ1) is 17.9. The van der Waals surface area contributed by atoms with Crippen LogP contribution in [0.25, 0.3) is 0 Å². The number of carbonyl (C=O) groups is 2. The zero-order chi connectivity index (χ0) is 27.5. The van der Waals surface area contributed by atoms with Crippen LogP contribution in [0.1, 0.15) is 44.7 Å². The summed E-state index contributed by atoms with van der Waals surface area (Å²) in [6, 6.07) is 10.5. The van der Waals surface area contributed by atoms with Gasteiger partial charge in [0.1, 0.15) is 11.0 Å². The molecule has 0 unspecified atom stereocenters. The number of benzene rings is 2. The fraction of sp³-hybridized carbons (Fsp3) is 0.448. The van der Waals surface area contributed by atoms with Crippen molar-refractivity contribution >= 4 is 58.2 Å². The van der Waals surface area contributed by atoms with Gasteiger partial charge < -0.3 is 14.2 Å². The molecular weight excluding hydrogens is 570 g/mol. The van der Waals surface area contributed by atoms with Gasteiger partial charge in [-0.15, -0.1) is 0 Å². The number of carbonyl (C=O) groups excluding carboxylic acids is 2. The summed E-state index contributed by atoms with van der Waals surface area (Å²) < 4.78 is 18.6. The van der Waals surface area contributed by atoms with Crippen molar-refractivity contribution in [1.82, 2.24) is 0 Å². The molecule has 9 heteroatoms. The number of hydrogen-bond donors (Lipinski definition) is 0. The Morgan fingerprint density at radius 3 is 1.87 bits per heavy atom. The van der Waals surface area contributed by atoms with Gasteiger partial charge in [0.2, 0.25) is 0 Å². The molecule has 0 N–H and O–H groups in total. The number of ketones is 1. The third-order valence-electron chi connectivity index (χ3n) is 9.15. The highest BCUT2D eigenvalue weighted by Gasteiger charge is 2.85. The lowest BCUT2D eigenvalue weighted by molar-refractivity contribution is -0.185. The third kappa shape index (κ3) is 3.73. The minimum absolute atomic E-state index is 0.00598. The highest BCUT2D eigenvalue weighted by atomic mass is 35.5. The van der Waals surface area contributed by atoms with Gasteiger partial charge in [-0.2, -0.15) is 0 Å². The number of rotatable bonds is 8. The maximum Gasteiger partial charge on any atom is 0.307 e. The third-order valence-corrected chi connectivity index (χ3v) is 10.6. The van der Waals surface area contributed by atoms with Crippen LogP contribution in [0.4, 0.5) is 0 Å². The predicted octanol–water partition coefficient (Wildman–Crippen LogP) is 7.65. The van der Waals surface area contributed by atoms with Crippen molar-refractivity contribution < 1.29 is 23.8 Å². The minimum Gasteiger partial charge on any atom is -0.457 e. The van der Waals surface area contributed by atoms with Crippen LogP contribution in [-0.2, 0) is 37.0 Å². The second-order valence-electron chi connectivity index (χ2n) is 10.9. The molecule has 5 rings (SSSR count). The molecule has 4 atom stereocenters. The SMILES string of the molecule is CC1=CC[C@]23OC(=O)C[C@]12C(=O)[C@](C)(COCc1c(Cl)cccc1Cl)[C@]3(C)COCc1c(Cl)cccc1Cl. The summed E-state index contributed by atoms with van der Waals surface area (Å²) in [4.78, 5) is 27.3. The molecule has 5 nitrogen and oxygen atoms in total. The van der Waals surface area contributed by atoms with E-state index in [0.29, 0.717) is 37.6 Å².